The molecule has 0 atom stereocenters. The molecule has 0 aliphatic heterocycles. The highest BCUT2D eigenvalue weighted by atomic mass is 16.3. The van der Waals surface area contributed by atoms with E-state index in [2.05, 4.69) is 10.3 Å². The molecule has 0 radical (unpaired) electrons. The number of anilines is 1. The van der Waals surface area contributed by atoms with E-state index in [9.17, 15) is 4.79 Å². The molecule has 0 saturated carbocycles. The van der Waals surface area contributed by atoms with Crippen molar-refractivity contribution >= 4 is 11.7 Å². The maximum atomic E-state index is 11.5. The summed E-state index contributed by atoms with van der Waals surface area (Å²) in [4.78, 5) is 15.5. The molecule has 0 unspecified atom stereocenters. The fourth-order valence-electron chi connectivity index (χ4n) is 1.23. The van der Waals surface area contributed by atoms with Crippen molar-refractivity contribution in [3.05, 3.63) is 23.9 Å². The van der Waals surface area contributed by atoms with Gasteiger partial charge in [0.25, 0.3) is 0 Å². The number of nitrogens with zero attached hydrogens (tertiary/aromatic N) is 1. The number of aliphatic hydroxyl groups is 1. The Morgan fingerprint density at radius 3 is 2.93 bits per heavy atom. The Labute approximate surface area is 89.3 Å². The molecular formula is C11H16N2O2. The number of aromatic nitrogens is 1. The maximum absolute atomic E-state index is 11.5. The first-order chi connectivity index (χ1) is 7.13. The van der Waals surface area contributed by atoms with Crippen molar-refractivity contribution in [2.75, 3.05) is 5.32 Å². The van der Waals surface area contributed by atoms with Crippen molar-refractivity contribution in [1.29, 1.82) is 0 Å². The lowest BCUT2D eigenvalue weighted by Crippen LogP contribution is -2.16. The van der Waals surface area contributed by atoms with E-state index in [-0.39, 0.29) is 12.5 Å². The summed E-state index contributed by atoms with van der Waals surface area (Å²) in [5.74, 6) is 0.690. The molecule has 1 aromatic heterocycles. The van der Waals surface area contributed by atoms with Crippen molar-refractivity contribution in [2.24, 2.45) is 5.92 Å². The number of aliphatic hydroxyl groups excluding tert-OH is 1. The van der Waals surface area contributed by atoms with Crippen LogP contribution in [0.4, 0.5) is 5.82 Å². The molecule has 0 bridgehead atoms. The zero-order valence-corrected chi connectivity index (χ0v) is 9.03. The van der Waals surface area contributed by atoms with Gasteiger partial charge in [-0.2, -0.15) is 0 Å². The van der Waals surface area contributed by atoms with Crippen LogP contribution in [-0.4, -0.2) is 16.0 Å². The van der Waals surface area contributed by atoms with Gasteiger partial charge in [0, 0.05) is 18.2 Å². The number of carbonyl (C=O) groups excluding carboxylic acids is 1. The first-order valence-electron chi connectivity index (χ1n) is 4.98. The summed E-state index contributed by atoms with van der Waals surface area (Å²) in [6, 6.07) is 3.46. The Balaban J connectivity index is 2.67. The number of pyridine rings is 1. The van der Waals surface area contributed by atoms with E-state index in [1.54, 1.807) is 18.3 Å². The largest absolute Gasteiger partial charge is 0.392 e. The molecule has 82 valence electrons. The fourth-order valence-corrected chi connectivity index (χ4v) is 1.23. The van der Waals surface area contributed by atoms with E-state index in [1.165, 1.54) is 0 Å². The van der Waals surface area contributed by atoms with Crippen LogP contribution >= 0.6 is 0 Å². The summed E-state index contributed by atoms with van der Waals surface area (Å²) >= 11 is 0. The standard InChI is InChI=1S/C11H16N2O2/c1-8(2)6-10(15)13-11-9(7-14)4-3-5-12-11/h3-5,8,14H,6-7H2,1-2H3,(H,12,13,15). The molecular weight excluding hydrogens is 192 g/mol. The Kier molecular flexibility index (Phi) is 4.24. The highest BCUT2D eigenvalue weighted by Gasteiger charge is 2.08. The third-order valence-corrected chi connectivity index (χ3v) is 1.91. The minimum absolute atomic E-state index is 0.0709. The van der Waals surface area contributed by atoms with Crippen LogP contribution < -0.4 is 5.32 Å². The molecule has 2 N–H and O–H groups in total. The maximum Gasteiger partial charge on any atom is 0.225 e. The van der Waals surface area contributed by atoms with Gasteiger partial charge in [-0.05, 0) is 12.0 Å². The molecule has 0 spiro atoms. The van der Waals surface area contributed by atoms with Crippen LogP contribution in [0.1, 0.15) is 25.8 Å². The van der Waals surface area contributed by atoms with Crippen LogP contribution in [0.3, 0.4) is 0 Å². The molecule has 1 aromatic rings. The van der Waals surface area contributed by atoms with E-state index in [4.69, 9.17) is 5.11 Å². The Bertz CT molecular complexity index is 337. The summed E-state index contributed by atoms with van der Waals surface area (Å²) < 4.78 is 0. The number of carbonyl (C=O) groups is 1. The minimum atomic E-state index is -0.120. The quantitative estimate of drug-likeness (QED) is 0.789. The SMILES string of the molecule is CC(C)CC(=O)Nc1ncccc1CO. The predicted octanol–water partition coefficient (Wildman–Crippen LogP) is 1.56. The lowest BCUT2D eigenvalue weighted by Gasteiger charge is -2.09. The smallest absolute Gasteiger partial charge is 0.225 e. The molecule has 15 heavy (non-hydrogen) atoms. The summed E-state index contributed by atoms with van der Waals surface area (Å²) in [5, 5.41) is 11.7. The van der Waals surface area contributed by atoms with E-state index in [0.29, 0.717) is 23.7 Å². The summed E-state index contributed by atoms with van der Waals surface area (Å²) in [6.07, 6.45) is 2.05. The molecule has 1 amide bonds. The van der Waals surface area contributed by atoms with Gasteiger partial charge in [-0.1, -0.05) is 19.9 Å². The molecule has 0 saturated heterocycles. The molecule has 1 rings (SSSR count). The zero-order chi connectivity index (χ0) is 11.3. The van der Waals surface area contributed by atoms with Crippen molar-refractivity contribution < 1.29 is 9.90 Å². The van der Waals surface area contributed by atoms with Gasteiger partial charge in [0.1, 0.15) is 5.82 Å². The number of rotatable bonds is 4. The van der Waals surface area contributed by atoms with E-state index in [0.717, 1.165) is 0 Å². The van der Waals surface area contributed by atoms with Gasteiger partial charge in [-0.15, -0.1) is 0 Å². The molecule has 4 nitrogen and oxygen atoms in total. The second kappa shape index (κ2) is 5.46. The molecule has 0 aliphatic carbocycles. The van der Waals surface area contributed by atoms with Crippen LogP contribution in [-0.2, 0) is 11.4 Å². The minimum Gasteiger partial charge on any atom is -0.392 e. The summed E-state index contributed by atoms with van der Waals surface area (Å²) in [5.41, 5.74) is 0.634. The second-order valence-electron chi connectivity index (χ2n) is 3.82. The highest BCUT2D eigenvalue weighted by Crippen LogP contribution is 2.12. The molecule has 4 heteroatoms. The molecule has 0 fully saturated rings. The van der Waals surface area contributed by atoms with Gasteiger partial charge in [-0.3, -0.25) is 4.79 Å². The first kappa shape index (κ1) is 11.7. The average molecular weight is 208 g/mol. The predicted molar refractivity (Wildman–Crippen MR) is 58.2 cm³/mol. The van der Waals surface area contributed by atoms with E-state index in [1.807, 2.05) is 13.8 Å². The Morgan fingerprint density at radius 1 is 1.60 bits per heavy atom. The van der Waals surface area contributed by atoms with Gasteiger partial charge in [-0.25, -0.2) is 4.98 Å². The van der Waals surface area contributed by atoms with E-state index >= 15 is 0 Å². The molecule has 0 aromatic carbocycles. The van der Waals surface area contributed by atoms with Crippen LogP contribution in [0.2, 0.25) is 0 Å². The van der Waals surface area contributed by atoms with Crippen LogP contribution in [0.5, 0.6) is 0 Å². The topological polar surface area (TPSA) is 62.2 Å². The van der Waals surface area contributed by atoms with Crippen molar-refractivity contribution in [1.82, 2.24) is 4.98 Å². The fraction of sp³-hybridized carbons (Fsp3) is 0.455. The summed E-state index contributed by atoms with van der Waals surface area (Å²) in [7, 11) is 0. The zero-order valence-electron chi connectivity index (χ0n) is 9.03. The van der Waals surface area contributed by atoms with Crippen molar-refractivity contribution in [3.8, 4) is 0 Å². The van der Waals surface area contributed by atoms with Crippen molar-refractivity contribution in [3.63, 3.8) is 0 Å². The number of nitrogens with one attached hydrogen (secondary N) is 1. The number of hydrogen-bond donors (Lipinski definition) is 2. The highest BCUT2D eigenvalue weighted by molar-refractivity contribution is 5.90. The van der Waals surface area contributed by atoms with Gasteiger partial charge in [0.2, 0.25) is 5.91 Å². The number of hydrogen-bond acceptors (Lipinski definition) is 3. The van der Waals surface area contributed by atoms with Gasteiger partial charge in [0.15, 0.2) is 0 Å². The lowest BCUT2D eigenvalue weighted by atomic mass is 10.1. The van der Waals surface area contributed by atoms with Crippen LogP contribution in [0.15, 0.2) is 18.3 Å². The monoisotopic (exact) mass is 208 g/mol. The molecule has 0 aliphatic rings. The van der Waals surface area contributed by atoms with Gasteiger partial charge in [0.05, 0.1) is 6.61 Å². The van der Waals surface area contributed by atoms with Crippen LogP contribution in [0, 0.1) is 5.92 Å². The third kappa shape index (κ3) is 3.67. The Morgan fingerprint density at radius 2 is 2.33 bits per heavy atom. The molecule has 1 heterocycles. The average Bonchev–Trinajstić information content (AvgIpc) is 2.17. The first-order valence-corrected chi connectivity index (χ1v) is 4.98. The lowest BCUT2D eigenvalue weighted by molar-refractivity contribution is -0.116. The third-order valence-electron chi connectivity index (χ3n) is 1.91. The second-order valence-corrected chi connectivity index (χ2v) is 3.82. The van der Waals surface area contributed by atoms with E-state index < -0.39 is 0 Å². The Hall–Kier alpha value is -1.42. The number of amides is 1. The van der Waals surface area contributed by atoms with Gasteiger partial charge < -0.3 is 10.4 Å². The van der Waals surface area contributed by atoms with Crippen molar-refractivity contribution in [2.45, 2.75) is 26.9 Å². The summed E-state index contributed by atoms with van der Waals surface area (Å²) in [6.45, 7) is 3.83. The van der Waals surface area contributed by atoms with Crippen LogP contribution in [0.25, 0.3) is 0 Å². The van der Waals surface area contributed by atoms with Gasteiger partial charge >= 0.3 is 0 Å². The normalized spacial score (nSPS) is 10.4.